The quantitative estimate of drug-likeness (QED) is 0.760. The molecule has 1 aromatic carbocycles. The highest BCUT2D eigenvalue weighted by molar-refractivity contribution is 6.17. The lowest BCUT2D eigenvalue weighted by Crippen LogP contribution is -2.21. The van der Waals surface area contributed by atoms with E-state index in [2.05, 4.69) is 12.2 Å². The fourth-order valence-electron chi connectivity index (χ4n) is 1.33. The minimum atomic E-state index is 0.296. The van der Waals surface area contributed by atoms with Crippen molar-refractivity contribution in [3.05, 3.63) is 29.8 Å². The highest BCUT2D eigenvalue weighted by atomic mass is 35.5. The van der Waals surface area contributed by atoms with Gasteiger partial charge in [0.05, 0.1) is 6.61 Å². The molecule has 0 aromatic heterocycles. The summed E-state index contributed by atoms with van der Waals surface area (Å²) >= 11 is 5.82. The van der Waals surface area contributed by atoms with Crippen LogP contribution in [0.2, 0.25) is 0 Å². The fraction of sp³-hybridized carbons (Fsp3) is 0.455. The minimum Gasteiger partial charge on any atom is -0.383 e. The third kappa shape index (κ3) is 3.20. The summed E-state index contributed by atoms with van der Waals surface area (Å²) in [5.41, 5.74) is 2.21. The minimum absolute atomic E-state index is 0.296. The van der Waals surface area contributed by atoms with Gasteiger partial charge in [0.1, 0.15) is 0 Å². The molecule has 0 radical (unpaired) electrons. The van der Waals surface area contributed by atoms with E-state index in [9.17, 15) is 0 Å². The van der Waals surface area contributed by atoms with Crippen molar-refractivity contribution in [3.8, 4) is 0 Å². The maximum Gasteiger partial charge on any atom is 0.0661 e. The van der Waals surface area contributed by atoms with Gasteiger partial charge in [0.25, 0.3) is 0 Å². The van der Waals surface area contributed by atoms with Crippen molar-refractivity contribution in [2.24, 2.45) is 0 Å². The molecule has 78 valence electrons. The zero-order valence-corrected chi connectivity index (χ0v) is 9.34. The van der Waals surface area contributed by atoms with Gasteiger partial charge in [0, 0.05) is 24.7 Å². The van der Waals surface area contributed by atoms with Crippen LogP contribution in [0.5, 0.6) is 0 Å². The van der Waals surface area contributed by atoms with Crippen molar-refractivity contribution < 1.29 is 4.74 Å². The Balaban J connectivity index is 2.65. The predicted molar refractivity (Wildman–Crippen MR) is 61.0 cm³/mol. The summed E-state index contributed by atoms with van der Waals surface area (Å²) in [6.07, 6.45) is 0. The Hall–Kier alpha value is -0.730. The predicted octanol–water partition coefficient (Wildman–Crippen LogP) is 2.87. The van der Waals surface area contributed by atoms with Gasteiger partial charge in [-0.25, -0.2) is 0 Å². The molecule has 0 bridgehead atoms. The maximum absolute atomic E-state index is 5.82. The first-order chi connectivity index (χ1) is 6.77. The van der Waals surface area contributed by atoms with Crippen LogP contribution in [0.1, 0.15) is 12.5 Å². The smallest absolute Gasteiger partial charge is 0.0661 e. The highest BCUT2D eigenvalue weighted by Gasteiger charge is 2.04. The summed E-state index contributed by atoms with van der Waals surface area (Å²) in [6, 6.07) is 8.34. The van der Waals surface area contributed by atoms with Crippen LogP contribution in [0, 0.1) is 0 Å². The monoisotopic (exact) mass is 213 g/mol. The second-order valence-electron chi connectivity index (χ2n) is 3.29. The van der Waals surface area contributed by atoms with Crippen molar-refractivity contribution in [3.63, 3.8) is 0 Å². The van der Waals surface area contributed by atoms with E-state index in [1.165, 1.54) is 0 Å². The van der Waals surface area contributed by atoms with E-state index in [1.54, 1.807) is 7.11 Å². The van der Waals surface area contributed by atoms with Crippen LogP contribution in [0.25, 0.3) is 0 Å². The van der Waals surface area contributed by atoms with E-state index in [1.807, 2.05) is 24.3 Å². The van der Waals surface area contributed by atoms with Gasteiger partial charge in [-0.15, -0.1) is 11.6 Å². The molecule has 1 N–H and O–H groups in total. The number of alkyl halides is 1. The van der Waals surface area contributed by atoms with Crippen LogP contribution in [-0.2, 0) is 10.6 Å². The summed E-state index contributed by atoms with van der Waals surface area (Å²) in [6.45, 7) is 2.77. The first kappa shape index (κ1) is 11.3. The van der Waals surface area contributed by atoms with Gasteiger partial charge in [0.2, 0.25) is 0 Å². The molecule has 1 aromatic rings. The van der Waals surface area contributed by atoms with E-state index >= 15 is 0 Å². The van der Waals surface area contributed by atoms with Crippen LogP contribution in [0.3, 0.4) is 0 Å². The lowest BCUT2D eigenvalue weighted by Gasteiger charge is -2.16. The molecule has 1 unspecified atom stereocenters. The molecule has 0 aliphatic carbocycles. The number of benzene rings is 1. The molecule has 3 heteroatoms. The maximum atomic E-state index is 5.82. The summed E-state index contributed by atoms with van der Waals surface area (Å²) in [7, 11) is 1.70. The Kier molecular flexibility index (Phi) is 4.77. The van der Waals surface area contributed by atoms with E-state index < -0.39 is 0 Å². The van der Waals surface area contributed by atoms with E-state index in [0.29, 0.717) is 18.5 Å². The second kappa shape index (κ2) is 5.89. The number of methoxy groups -OCH3 is 1. The van der Waals surface area contributed by atoms with Crippen LogP contribution < -0.4 is 5.32 Å². The Morgan fingerprint density at radius 2 is 2.14 bits per heavy atom. The number of rotatable bonds is 5. The standard InChI is InChI=1S/C11H16ClNO/c1-9(8-14-2)13-11-6-4-3-5-10(11)7-12/h3-6,9,13H,7-8H2,1-2H3. The summed E-state index contributed by atoms with van der Waals surface area (Å²) < 4.78 is 5.05. The Morgan fingerprint density at radius 1 is 1.43 bits per heavy atom. The van der Waals surface area contributed by atoms with Gasteiger partial charge in [-0.05, 0) is 18.6 Å². The highest BCUT2D eigenvalue weighted by Crippen LogP contribution is 2.17. The Morgan fingerprint density at radius 3 is 2.79 bits per heavy atom. The first-order valence-electron chi connectivity index (χ1n) is 4.67. The third-order valence-electron chi connectivity index (χ3n) is 1.98. The molecule has 0 aliphatic heterocycles. The molecule has 0 saturated heterocycles. The number of halogens is 1. The largest absolute Gasteiger partial charge is 0.383 e. The van der Waals surface area contributed by atoms with E-state index in [-0.39, 0.29) is 0 Å². The van der Waals surface area contributed by atoms with Crippen molar-refractivity contribution in [2.75, 3.05) is 19.0 Å². The Bertz CT molecular complexity index is 278. The van der Waals surface area contributed by atoms with Gasteiger partial charge in [0.15, 0.2) is 0 Å². The van der Waals surface area contributed by atoms with Gasteiger partial charge in [-0.3, -0.25) is 0 Å². The van der Waals surface area contributed by atoms with E-state index in [0.717, 1.165) is 11.3 Å². The molecule has 0 aliphatic rings. The number of hydrogen-bond donors (Lipinski definition) is 1. The zero-order chi connectivity index (χ0) is 10.4. The van der Waals surface area contributed by atoms with Crippen molar-refractivity contribution in [1.29, 1.82) is 0 Å². The molecule has 0 fully saturated rings. The number of hydrogen-bond acceptors (Lipinski definition) is 2. The summed E-state index contributed by atoms with van der Waals surface area (Å²) in [5.74, 6) is 0.531. The molecule has 0 saturated carbocycles. The molecule has 0 spiro atoms. The van der Waals surface area contributed by atoms with Gasteiger partial charge in [-0.2, -0.15) is 0 Å². The topological polar surface area (TPSA) is 21.3 Å². The summed E-state index contributed by atoms with van der Waals surface area (Å²) in [4.78, 5) is 0. The van der Waals surface area contributed by atoms with Crippen LogP contribution in [0.15, 0.2) is 24.3 Å². The molecular weight excluding hydrogens is 198 g/mol. The molecule has 0 amide bonds. The number of ether oxygens (including phenoxy) is 1. The van der Waals surface area contributed by atoms with Crippen molar-refractivity contribution in [2.45, 2.75) is 18.8 Å². The molecule has 1 rings (SSSR count). The molecule has 0 heterocycles. The van der Waals surface area contributed by atoms with Crippen LogP contribution >= 0.6 is 11.6 Å². The number of anilines is 1. The van der Waals surface area contributed by atoms with Crippen molar-refractivity contribution in [1.82, 2.24) is 0 Å². The summed E-state index contributed by atoms with van der Waals surface area (Å²) in [5, 5.41) is 3.35. The lowest BCUT2D eigenvalue weighted by atomic mass is 10.2. The average Bonchev–Trinajstić information content (AvgIpc) is 2.19. The fourth-order valence-corrected chi connectivity index (χ4v) is 1.57. The van der Waals surface area contributed by atoms with Crippen molar-refractivity contribution >= 4 is 17.3 Å². The first-order valence-corrected chi connectivity index (χ1v) is 5.20. The van der Waals surface area contributed by atoms with Crippen LogP contribution in [0.4, 0.5) is 5.69 Å². The van der Waals surface area contributed by atoms with Gasteiger partial charge < -0.3 is 10.1 Å². The third-order valence-corrected chi connectivity index (χ3v) is 2.27. The second-order valence-corrected chi connectivity index (χ2v) is 3.56. The number of nitrogens with one attached hydrogen (secondary N) is 1. The molecule has 2 nitrogen and oxygen atoms in total. The average molecular weight is 214 g/mol. The van der Waals surface area contributed by atoms with Crippen LogP contribution in [-0.4, -0.2) is 19.8 Å². The lowest BCUT2D eigenvalue weighted by molar-refractivity contribution is 0.190. The van der Waals surface area contributed by atoms with Gasteiger partial charge in [-0.1, -0.05) is 18.2 Å². The SMILES string of the molecule is COCC(C)Nc1ccccc1CCl. The Labute approximate surface area is 90.2 Å². The number of para-hydroxylation sites is 1. The van der Waals surface area contributed by atoms with Gasteiger partial charge >= 0.3 is 0 Å². The molecule has 1 atom stereocenters. The molecular formula is C11H16ClNO. The zero-order valence-electron chi connectivity index (χ0n) is 8.59. The molecule has 14 heavy (non-hydrogen) atoms. The van der Waals surface area contributed by atoms with E-state index in [4.69, 9.17) is 16.3 Å². The normalized spacial score (nSPS) is 12.5.